The van der Waals surface area contributed by atoms with Crippen molar-refractivity contribution >= 4 is 35.0 Å². The molecule has 1 aromatic carbocycles. The van der Waals surface area contributed by atoms with Gasteiger partial charge in [0.1, 0.15) is 0 Å². The van der Waals surface area contributed by atoms with Gasteiger partial charge in [-0.3, -0.25) is 9.59 Å². The van der Waals surface area contributed by atoms with Gasteiger partial charge in [0, 0.05) is 0 Å². The lowest BCUT2D eigenvalue weighted by Gasteiger charge is -2.19. The second kappa shape index (κ2) is 5.86. The molecule has 0 radical (unpaired) electrons. The molecule has 1 aromatic rings. The average Bonchev–Trinajstić information content (AvgIpc) is 2.18. The van der Waals surface area contributed by atoms with Crippen LogP contribution < -0.4 is 0 Å². The van der Waals surface area contributed by atoms with Crippen LogP contribution in [0, 0.1) is 5.41 Å². The molecule has 0 aliphatic heterocycles. The summed E-state index contributed by atoms with van der Waals surface area (Å²) < 4.78 is 0. The number of carbonyl (C=O) groups is 2. The summed E-state index contributed by atoms with van der Waals surface area (Å²) >= 11 is 0. The normalized spacial score (nSPS) is 10.3. The number of hydrogen-bond donors (Lipinski definition) is 2. The molecule has 0 saturated carbocycles. The summed E-state index contributed by atoms with van der Waals surface area (Å²) in [6.45, 7) is 1.21. The summed E-state index contributed by atoms with van der Waals surface area (Å²) in [5.74, 6) is -2.64. The second-order valence-corrected chi connectivity index (χ2v) is 3.60. The third-order valence-electron chi connectivity index (χ3n) is 2.34. The molecule has 5 heteroatoms. The fourth-order valence-electron chi connectivity index (χ4n) is 1.25. The largest absolute Gasteiger partial charge is 0.480 e. The first-order valence-corrected chi connectivity index (χ1v) is 4.47. The zero-order valence-corrected chi connectivity index (χ0v) is 8.30. The molecule has 0 bridgehead atoms. The second-order valence-electron chi connectivity index (χ2n) is 3.60. The van der Waals surface area contributed by atoms with Crippen molar-refractivity contribution in [1.82, 2.24) is 0 Å². The van der Waals surface area contributed by atoms with Crippen molar-refractivity contribution in [2.24, 2.45) is 5.41 Å². The topological polar surface area (TPSA) is 74.6 Å². The van der Waals surface area contributed by atoms with E-state index in [2.05, 4.69) is 0 Å². The monoisotopic (exact) mass is 234 g/mol. The van der Waals surface area contributed by atoms with E-state index in [4.69, 9.17) is 10.2 Å². The zero-order chi connectivity index (χ0) is 11.5. The SMILES string of the molecule is CC(Cc1ccccc1)(C(=O)O)C(=O)O.[MgH2]. The number of carboxylic acids is 2. The Kier molecular flexibility index (Phi) is 5.47. The molecule has 16 heavy (non-hydrogen) atoms. The first-order valence-electron chi connectivity index (χ1n) is 4.47. The summed E-state index contributed by atoms with van der Waals surface area (Å²) in [5, 5.41) is 17.8. The van der Waals surface area contributed by atoms with Gasteiger partial charge in [0.2, 0.25) is 0 Å². The first-order chi connectivity index (χ1) is 6.97. The van der Waals surface area contributed by atoms with Crippen molar-refractivity contribution in [3.05, 3.63) is 35.9 Å². The van der Waals surface area contributed by atoms with Crippen LogP contribution in [0.4, 0.5) is 0 Å². The standard InChI is InChI=1S/C11H12O4.Mg.2H/c1-11(9(12)13,10(14)15)7-8-5-3-2-4-6-8;;;/h2-6H,7H2,1H3,(H,12,13)(H,14,15);;;. The number of aliphatic carboxylic acids is 2. The van der Waals surface area contributed by atoms with Gasteiger partial charge >= 0.3 is 35.0 Å². The molecule has 4 nitrogen and oxygen atoms in total. The fourth-order valence-corrected chi connectivity index (χ4v) is 1.25. The Morgan fingerprint density at radius 3 is 1.94 bits per heavy atom. The molecule has 2 N–H and O–H groups in total. The minimum absolute atomic E-state index is 0. The maximum absolute atomic E-state index is 10.9. The lowest BCUT2D eigenvalue weighted by atomic mass is 9.84. The van der Waals surface area contributed by atoms with Gasteiger partial charge in [-0.15, -0.1) is 0 Å². The van der Waals surface area contributed by atoms with E-state index >= 15 is 0 Å². The summed E-state index contributed by atoms with van der Waals surface area (Å²) in [7, 11) is 0. The van der Waals surface area contributed by atoms with Gasteiger partial charge in [0.25, 0.3) is 0 Å². The molecule has 1 rings (SSSR count). The van der Waals surface area contributed by atoms with Gasteiger partial charge in [-0.25, -0.2) is 0 Å². The van der Waals surface area contributed by atoms with E-state index in [1.54, 1.807) is 30.3 Å². The Labute approximate surface area is 109 Å². The van der Waals surface area contributed by atoms with Crippen LogP contribution in [-0.4, -0.2) is 45.2 Å². The van der Waals surface area contributed by atoms with Crippen LogP contribution >= 0.6 is 0 Å². The quantitative estimate of drug-likeness (QED) is 0.587. The van der Waals surface area contributed by atoms with Crippen LogP contribution in [0.2, 0.25) is 0 Å². The minimum Gasteiger partial charge on any atom is -0.480 e. The highest BCUT2D eigenvalue weighted by molar-refractivity contribution is 5.98. The van der Waals surface area contributed by atoms with Crippen molar-refractivity contribution < 1.29 is 19.8 Å². The highest BCUT2D eigenvalue weighted by Crippen LogP contribution is 2.23. The van der Waals surface area contributed by atoms with E-state index in [1.807, 2.05) is 0 Å². The van der Waals surface area contributed by atoms with Gasteiger partial charge in [-0.2, -0.15) is 0 Å². The highest BCUT2D eigenvalue weighted by atomic mass is 24.3. The van der Waals surface area contributed by atoms with Crippen LogP contribution in [0.5, 0.6) is 0 Å². The Morgan fingerprint density at radius 1 is 1.12 bits per heavy atom. The van der Waals surface area contributed by atoms with Crippen LogP contribution in [0.3, 0.4) is 0 Å². The maximum Gasteiger partial charge on any atom is 0.321 e. The molecule has 0 aromatic heterocycles. The lowest BCUT2D eigenvalue weighted by molar-refractivity contribution is -0.163. The Bertz CT molecular complexity index is 361. The van der Waals surface area contributed by atoms with Crippen LogP contribution in [0.1, 0.15) is 12.5 Å². The van der Waals surface area contributed by atoms with Crippen LogP contribution in [-0.2, 0) is 16.0 Å². The van der Waals surface area contributed by atoms with Gasteiger partial charge in [0.05, 0.1) is 0 Å². The molecule has 0 unspecified atom stereocenters. The van der Waals surface area contributed by atoms with Crippen molar-refractivity contribution in [3.63, 3.8) is 0 Å². The van der Waals surface area contributed by atoms with Crippen LogP contribution in [0.15, 0.2) is 30.3 Å². The number of carboxylic acid groups (broad SMARTS) is 2. The van der Waals surface area contributed by atoms with E-state index in [0.717, 1.165) is 0 Å². The summed E-state index contributed by atoms with van der Waals surface area (Å²) in [6.07, 6.45) is -0.0154. The molecule has 0 saturated heterocycles. The zero-order valence-electron chi connectivity index (χ0n) is 8.30. The lowest BCUT2D eigenvalue weighted by Crippen LogP contribution is -2.38. The predicted molar refractivity (Wildman–Crippen MR) is 62.1 cm³/mol. The fraction of sp³-hybridized carbons (Fsp3) is 0.273. The van der Waals surface area contributed by atoms with Gasteiger partial charge in [-0.1, -0.05) is 30.3 Å². The number of rotatable bonds is 4. The molecule has 0 atom stereocenters. The molecule has 0 spiro atoms. The maximum atomic E-state index is 10.9. The third-order valence-corrected chi connectivity index (χ3v) is 2.34. The van der Waals surface area contributed by atoms with Crippen LogP contribution in [0.25, 0.3) is 0 Å². The summed E-state index contributed by atoms with van der Waals surface area (Å²) in [5.41, 5.74) is -1.06. The van der Waals surface area contributed by atoms with Gasteiger partial charge < -0.3 is 10.2 Å². The van der Waals surface area contributed by atoms with Crippen molar-refractivity contribution in [2.45, 2.75) is 13.3 Å². The van der Waals surface area contributed by atoms with Crippen molar-refractivity contribution in [3.8, 4) is 0 Å². The number of benzene rings is 1. The van der Waals surface area contributed by atoms with Crippen molar-refractivity contribution in [2.75, 3.05) is 0 Å². The molecular formula is C11H14MgO4. The average molecular weight is 235 g/mol. The van der Waals surface area contributed by atoms with E-state index in [9.17, 15) is 9.59 Å². The van der Waals surface area contributed by atoms with E-state index < -0.39 is 17.4 Å². The molecule has 0 aliphatic rings. The molecule has 84 valence electrons. The molecular weight excluding hydrogens is 220 g/mol. The Balaban J connectivity index is 0.00000225. The van der Waals surface area contributed by atoms with E-state index in [-0.39, 0.29) is 29.5 Å². The molecule has 0 aliphatic carbocycles. The Morgan fingerprint density at radius 2 is 1.56 bits per heavy atom. The molecule has 0 amide bonds. The third kappa shape index (κ3) is 3.21. The van der Waals surface area contributed by atoms with Crippen molar-refractivity contribution in [1.29, 1.82) is 0 Å². The predicted octanol–water partition coefficient (Wildman–Crippen LogP) is 0.488. The number of hydrogen-bond acceptors (Lipinski definition) is 2. The van der Waals surface area contributed by atoms with E-state index in [1.165, 1.54) is 6.92 Å². The summed E-state index contributed by atoms with van der Waals surface area (Å²) in [4.78, 5) is 21.8. The molecule has 0 fully saturated rings. The molecule has 0 heterocycles. The van der Waals surface area contributed by atoms with Gasteiger partial charge in [0.15, 0.2) is 5.41 Å². The smallest absolute Gasteiger partial charge is 0.321 e. The van der Waals surface area contributed by atoms with Gasteiger partial charge in [-0.05, 0) is 18.9 Å². The summed E-state index contributed by atoms with van der Waals surface area (Å²) in [6, 6.07) is 8.72. The Hall–Kier alpha value is -1.07. The highest BCUT2D eigenvalue weighted by Gasteiger charge is 2.41. The van der Waals surface area contributed by atoms with E-state index in [0.29, 0.717) is 5.56 Å². The first kappa shape index (κ1) is 14.9. The minimum atomic E-state index is -1.76.